The summed E-state index contributed by atoms with van der Waals surface area (Å²) in [5, 5.41) is 24.3. The second kappa shape index (κ2) is 9.06. The normalized spacial score (nSPS) is 29.6. The van der Waals surface area contributed by atoms with E-state index >= 15 is 0 Å². The summed E-state index contributed by atoms with van der Waals surface area (Å²) in [7, 11) is -4.34. The van der Waals surface area contributed by atoms with Gasteiger partial charge in [0.1, 0.15) is 18.2 Å². The molecule has 9 heteroatoms. The van der Waals surface area contributed by atoms with E-state index < -0.39 is 47.3 Å². The first-order valence-corrected chi connectivity index (χ1v) is 16.2. The summed E-state index contributed by atoms with van der Waals surface area (Å²) in [5.41, 5.74) is 0. The van der Waals surface area contributed by atoms with Crippen LogP contribution < -0.4 is 5.32 Å². The molecule has 0 aromatic heterocycles. The topological polar surface area (TPSA) is 97.3 Å². The van der Waals surface area contributed by atoms with E-state index in [-0.39, 0.29) is 22.6 Å². The van der Waals surface area contributed by atoms with E-state index in [1.807, 2.05) is 0 Å². The highest BCUT2D eigenvalue weighted by molar-refractivity contribution is 6.74. The fourth-order valence-corrected chi connectivity index (χ4v) is 4.96. The van der Waals surface area contributed by atoms with Crippen molar-refractivity contribution in [2.24, 2.45) is 0 Å². The van der Waals surface area contributed by atoms with Crippen molar-refractivity contribution < 1.29 is 28.6 Å². The van der Waals surface area contributed by atoms with Crippen LogP contribution in [0.2, 0.25) is 36.3 Å². The van der Waals surface area contributed by atoms with Crippen LogP contribution in [0.3, 0.4) is 0 Å². The summed E-state index contributed by atoms with van der Waals surface area (Å²) in [5.74, 6) is -0.315. The molecule has 1 saturated heterocycles. The fraction of sp³-hybridized carbons (Fsp3) is 0.950. The largest absolute Gasteiger partial charge is 0.414 e. The van der Waals surface area contributed by atoms with Crippen LogP contribution in [0.15, 0.2) is 0 Å². The van der Waals surface area contributed by atoms with Crippen LogP contribution in [0.1, 0.15) is 48.5 Å². The smallest absolute Gasteiger partial charge is 0.217 e. The highest BCUT2D eigenvalue weighted by Gasteiger charge is 2.51. The monoisotopic (exact) mass is 449 g/mol. The zero-order chi connectivity index (χ0) is 23.0. The molecule has 1 fully saturated rings. The summed E-state index contributed by atoms with van der Waals surface area (Å²) >= 11 is 0. The molecule has 0 spiro atoms. The van der Waals surface area contributed by atoms with Crippen molar-refractivity contribution in [2.75, 3.05) is 6.61 Å². The first-order chi connectivity index (χ1) is 12.8. The molecule has 29 heavy (non-hydrogen) atoms. The third kappa shape index (κ3) is 6.59. The van der Waals surface area contributed by atoms with Gasteiger partial charge in [-0.25, -0.2) is 0 Å². The first kappa shape index (κ1) is 26.7. The Kier molecular flexibility index (Phi) is 8.35. The molecule has 1 amide bonds. The van der Waals surface area contributed by atoms with Gasteiger partial charge in [-0.15, -0.1) is 0 Å². The van der Waals surface area contributed by atoms with Crippen LogP contribution in [0.4, 0.5) is 0 Å². The zero-order valence-corrected chi connectivity index (χ0v) is 22.1. The molecular weight excluding hydrogens is 406 g/mol. The van der Waals surface area contributed by atoms with E-state index in [2.05, 4.69) is 73.0 Å². The highest BCUT2D eigenvalue weighted by atomic mass is 28.4. The van der Waals surface area contributed by atoms with Gasteiger partial charge in [-0.2, -0.15) is 0 Å². The van der Waals surface area contributed by atoms with Crippen LogP contribution in [0.25, 0.3) is 0 Å². The lowest BCUT2D eigenvalue weighted by Crippen LogP contribution is -2.67. The third-order valence-corrected chi connectivity index (χ3v) is 15.7. The first-order valence-electron chi connectivity index (χ1n) is 10.4. The minimum Gasteiger partial charge on any atom is -0.414 e. The number of nitrogens with one attached hydrogen (secondary N) is 1. The van der Waals surface area contributed by atoms with Crippen molar-refractivity contribution >= 4 is 22.5 Å². The minimum absolute atomic E-state index is 0.0149. The van der Waals surface area contributed by atoms with E-state index in [1.54, 1.807) is 0 Å². The third-order valence-electron chi connectivity index (χ3n) is 6.71. The lowest BCUT2D eigenvalue weighted by molar-refractivity contribution is -0.250. The van der Waals surface area contributed by atoms with Crippen LogP contribution in [-0.2, 0) is 18.4 Å². The van der Waals surface area contributed by atoms with Crippen molar-refractivity contribution in [3.05, 3.63) is 0 Å². The Morgan fingerprint density at radius 1 is 1.00 bits per heavy atom. The van der Waals surface area contributed by atoms with Crippen molar-refractivity contribution in [3.8, 4) is 0 Å². The lowest BCUT2D eigenvalue weighted by atomic mass is 9.97. The van der Waals surface area contributed by atoms with Crippen LogP contribution >= 0.6 is 0 Å². The number of carbonyl (C=O) groups is 1. The Morgan fingerprint density at radius 2 is 1.48 bits per heavy atom. The van der Waals surface area contributed by atoms with Gasteiger partial charge in [-0.1, -0.05) is 41.5 Å². The number of aliphatic hydroxyl groups is 2. The van der Waals surface area contributed by atoms with Gasteiger partial charge < -0.3 is 29.1 Å². The highest BCUT2D eigenvalue weighted by Crippen LogP contribution is 2.40. The Bertz CT molecular complexity index is 570. The number of aliphatic hydroxyl groups excluding tert-OH is 2. The quantitative estimate of drug-likeness (QED) is 0.539. The molecule has 0 aromatic carbocycles. The predicted molar refractivity (Wildman–Crippen MR) is 120 cm³/mol. The van der Waals surface area contributed by atoms with Gasteiger partial charge in [0.25, 0.3) is 0 Å². The van der Waals surface area contributed by atoms with Crippen molar-refractivity contribution in [3.63, 3.8) is 0 Å². The van der Waals surface area contributed by atoms with Gasteiger partial charge in [-0.3, -0.25) is 4.79 Å². The van der Waals surface area contributed by atoms with Gasteiger partial charge in [0, 0.05) is 6.92 Å². The maximum Gasteiger partial charge on any atom is 0.217 e. The lowest BCUT2D eigenvalue weighted by Gasteiger charge is -2.48. The second-order valence-corrected chi connectivity index (χ2v) is 20.8. The maximum absolute atomic E-state index is 11.7. The molecule has 0 aromatic rings. The predicted octanol–water partition coefficient (Wildman–Crippen LogP) is 2.98. The number of rotatable bonds is 6. The maximum atomic E-state index is 11.7. The van der Waals surface area contributed by atoms with Crippen LogP contribution in [0.5, 0.6) is 0 Å². The number of amides is 1. The summed E-state index contributed by atoms with van der Waals surface area (Å²) in [6.45, 7) is 22.7. The van der Waals surface area contributed by atoms with Crippen LogP contribution in [0, 0.1) is 0 Å². The van der Waals surface area contributed by atoms with Gasteiger partial charge in [0.15, 0.2) is 22.9 Å². The number of carbonyl (C=O) groups excluding carboxylic acids is 1. The summed E-state index contributed by atoms with van der Waals surface area (Å²) in [6, 6.07) is -0.847. The Morgan fingerprint density at radius 3 is 1.90 bits per heavy atom. The molecule has 1 aliphatic rings. The number of hydrogen-bond donors (Lipinski definition) is 3. The van der Waals surface area contributed by atoms with Crippen molar-refractivity contribution in [1.82, 2.24) is 5.32 Å². The Labute approximate surface area is 178 Å². The molecule has 5 atom stereocenters. The molecule has 7 nitrogen and oxygen atoms in total. The summed E-state index contributed by atoms with van der Waals surface area (Å²) < 4.78 is 18.4. The molecule has 0 saturated carbocycles. The van der Waals surface area contributed by atoms with Crippen LogP contribution in [-0.4, -0.2) is 70.0 Å². The molecule has 172 valence electrons. The van der Waals surface area contributed by atoms with Gasteiger partial charge >= 0.3 is 0 Å². The standard InChI is InChI=1S/C20H43NO6Si2/c1-13(22)21-15-17(27-29(10,11)20(5,6)7)16(23)14(26-18(15)24)12-25-28(8,9)19(2,3)4/h14-18,23-24H,12H2,1-11H3,(H,21,22)/t14-,15-,16-,17-,18-/m1/s1. The summed E-state index contributed by atoms with van der Waals surface area (Å²) in [6.07, 6.45) is -3.84. The van der Waals surface area contributed by atoms with Gasteiger partial charge in [0.05, 0.1) is 12.7 Å². The molecule has 1 heterocycles. The van der Waals surface area contributed by atoms with Gasteiger partial charge in [0.2, 0.25) is 5.91 Å². The zero-order valence-electron chi connectivity index (χ0n) is 20.1. The van der Waals surface area contributed by atoms with E-state index in [0.717, 1.165) is 0 Å². The van der Waals surface area contributed by atoms with E-state index in [4.69, 9.17) is 13.6 Å². The van der Waals surface area contributed by atoms with E-state index in [9.17, 15) is 15.0 Å². The molecule has 3 N–H and O–H groups in total. The van der Waals surface area contributed by atoms with Crippen molar-refractivity contribution in [1.29, 1.82) is 0 Å². The van der Waals surface area contributed by atoms with E-state index in [1.165, 1.54) is 6.92 Å². The Hall–Kier alpha value is -0.296. The SMILES string of the molecule is CC(=O)N[C@@H]1[C@@H](O[Si](C)(C)C(C)(C)C)[C@H](O)[C@@H](CO[Si](C)(C)C(C)(C)C)O[C@H]1O. The van der Waals surface area contributed by atoms with Gasteiger partial charge in [-0.05, 0) is 36.3 Å². The minimum atomic E-state index is -2.29. The number of ether oxygens (including phenoxy) is 1. The molecule has 0 bridgehead atoms. The molecular formula is C20H43NO6Si2. The van der Waals surface area contributed by atoms with Crippen molar-refractivity contribution in [2.45, 2.75) is 115 Å². The Balaban J connectivity index is 3.10. The summed E-state index contributed by atoms with van der Waals surface area (Å²) in [4.78, 5) is 11.7. The fourth-order valence-electron chi connectivity index (χ4n) is 2.62. The molecule has 0 unspecified atom stereocenters. The molecule has 0 aliphatic carbocycles. The average Bonchev–Trinajstić information content (AvgIpc) is 2.50. The molecule has 1 rings (SSSR count). The molecule has 1 aliphatic heterocycles. The molecule has 0 radical (unpaired) electrons. The van der Waals surface area contributed by atoms with E-state index in [0.29, 0.717) is 0 Å². The second-order valence-electron chi connectivity index (χ2n) is 11.2. The average molecular weight is 450 g/mol. The number of hydrogen-bond acceptors (Lipinski definition) is 6.